The van der Waals surface area contributed by atoms with Gasteiger partial charge in [0.25, 0.3) is 0 Å². The summed E-state index contributed by atoms with van der Waals surface area (Å²) in [5.74, 6) is 0.547. The molecule has 0 radical (unpaired) electrons. The van der Waals surface area contributed by atoms with Gasteiger partial charge in [0, 0.05) is 61.3 Å². The number of rotatable bonds is 7. The number of hydrogen-bond donors (Lipinski definition) is 0. The molecule has 1 amide bonds. The van der Waals surface area contributed by atoms with Gasteiger partial charge in [-0.25, -0.2) is 0 Å². The Morgan fingerprint density at radius 3 is 2.42 bits per heavy atom. The standard InChI is InChI=1S/C27H33ClF3N3OS/c28-23-6-8-24(9-7-23)33-15-2-13-32(17-18-33)16-12-26(35)34-14-1-3-22(20-34)19-21-4-10-25(11-5-21)36-27(29,30)31/h4-11,22H,1-3,12-20H2/t22-/m1/s1. The molecule has 2 fully saturated rings. The van der Waals surface area contributed by atoms with Crippen molar-refractivity contribution in [1.29, 1.82) is 0 Å². The minimum atomic E-state index is -4.27. The fourth-order valence-corrected chi connectivity index (χ4v) is 5.80. The number of likely N-dealkylation sites (tertiary alicyclic amines) is 1. The highest BCUT2D eigenvalue weighted by Crippen LogP contribution is 2.37. The van der Waals surface area contributed by atoms with Crippen LogP contribution in [0.2, 0.25) is 5.02 Å². The summed E-state index contributed by atoms with van der Waals surface area (Å²) in [6.07, 6.45) is 4.38. The molecular formula is C27H33ClF3N3OS. The number of benzene rings is 2. The Morgan fingerprint density at radius 2 is 1.69 bits per heavy atom. The highest BCUT2D eigenvalue weighted by molar-refractivity contribution is 8.00. The zero-order valence-electron chi connectivity index (χ0n) is 20.4. The van der Waals surface area contributed by atoms with Gasteiger partial charge < -0.3 is 14.7 Å². The summed E-state index contributed by atoms with van der Waals surface area (Å²) in [7, 11) is 0. The predicted molar refractivity (Wildman–Crippen MR) is 141 cm³/mol. The number of thioether (sulfide) groups is 1. The first-order valence-corrected chi connectivity index (χ1v) is 13.8. The monoisotopic (exact) mass is 539 g/mol. The molecule has 2 saturated heterocycles. The number of anilines is 1. The molecular weight excluding hydrogens is 507 g/mol. The van der Waals surface area contributed by atoms with E-state index >= 15 is 0 Å². The van der Waals surface area contributed by atoms with Crippen molar-refractivity contribution in [3.8, 4) is 0 Å². The molecule has 2 aromatic carbocycles. The van der Waals surface area contributed by atoms with Crippen molar-refractivity contribution in [2.75, 3.05) is 50.7 Å². The van der Waals surface area contributed by atoms with Gasteiger partial charge in [-0.1, -0.05) is 23.7 Å². The van der Waals surface area contributed by atoms with E-state index in [1.165, 1.54) is 17.8 Å². The lowest BCUT2D eigenvalue weighted by molar-refractivity contribution is -0.133. The predicted octanol–water partition coefficient (Wildman–Crippen LogP) is 6.34. The third kappa shape index (κ3) is 8.32. The second kappa shape index (κ2) is 12.6. The van der Waals surface area contributed by atoms with E-state index in [0.717, 1.165) is 82.1 Å². The molecule has 0 unspecified atom stereocenters. The van der Waals surface area contributed by atoms with Gasteiger partial charge in [-0.2, -0.15) is 13.2 Å². The van der Waals surface area contributed by atoms with Crippen molar-refractivity contribution in [2.24, 2.45) is 5.92 Å². The van der Waals surface area contributed by atoms with Crippen molar-refractivity contribution in [3.05, 3.63) is 59.1 Å². The Bertz CT molecular complexity index is 987. The molecule has 36 heavy (non-hydrogen) atoms. The number of amides is 1. The summed E-state index contributed by atoms with van der Waals surface area (Å²) in [6.45, 7) is 6.14. The van der Waals surface area contributed by atoms with Crippen LogP contribution in [-0.2, 0) is 11.2 Å². The Hall–Kier alpha value is -1.90. The van der Waals surface area contributed by atoms with Crippen LogP contribution in [0.5, 0.6) is 0 Å². The molecule has 2 aliphatic rings. The van der Waals surface area contributed by atoms with Crippen molar-refractivity contribution < 1.29 is 18.0 Å². The molecule has 0 N–H and O–H groups in total. The van der Waals surface area contributed by atoms with Crippen LogP contribution in [0.15, 0.2) is 53.4 Å². The van der Waals surface area contributed by atoms with E-state index in [-0.39, 0.29) is 22.6 Å². The highest BCUT2D eigenvalue weighted by atomic mass is 35.5. The highest BCUT2D eigenvalue weighted by Gasteiger charge is 2.29. The minimum Gasteiger partial charge on any atom is -0.370 e. The maximum Gasteiger partial charge on any atom is 0.446 e. The molecule has 0 saturated carbocycles. The van der Waals surface area contributed by atoms with Crippen LogP contribution >= 0.6 is 23.4 Å². The molecule has 0 bridgehead atoms. The first-order valence-electron chi connectivity index (χ1n) is 12.6. The van der Waals surface area contributed by atoms with E-state index in [1.807, 2.05) is 17.0 Å². The van der Waals surface area contributed by atoms with Gasteiger partial charge in [-0.15, -0.1) is 0 Å². The Labute approximate surface area is 220 Å². The molecule has 0 aliphatic carbocycles. The molecule has 4 nitrogen and oxygen atoms in total. The normalized spacial score (nSPS) is 19.8. The van der Waals surface area contributed by atoms with Gasteiger partial charge in [0.05, 0.1) is 0 Å². The zero-order valence-corrected chi connectivity index (χ0v) is 21.9. The van der Waals surface area contributed by atoms with Gasteiger partial charge in [0.1, 0.15) is 0 Å². The van der Waals surface area contributed by atoms with Gasteiger partial charge in [0.15, 0.2) is 0 Å². The molecule has 0 spiro atoms. The molecule has 0 aromatic heterocycles. The zero-order chi connectivity index (χ0) is 25.5. The largest absolute Gasteiger partial charge is 0.446 e. The smallest absolute Gasteiger partial charge is 0.370 e. The molecule has 2 heterocycles. The summed E-state index contributed by atoms with van der Waals surface area (Å²) < 4.78 is 37.7. The van der Waals surface area contributed by atoms with Gasteiger partial charge in [-0.05, 0) is 91.9 Å². The van der Waals surface area contributed by atoms with Gasteiger partial charge >= 0.3 is 5.51 Å². The van der Waals surface area contributed by atoms with Crippen LogP contribution in [0.4, 0.5) is 18.9 Å². The third-order valence-corrected chi connectivity index (χ3v) is 7.97. The fraction of sp³-hybridized carbons (Fsp3) is 0.519. The number of halogens is 4. The maximum atomic E-state index is 13.0. The first-order chi connectivity index (χ1) is 17.2. The average molecular weight is 540 g/mol. The number of carbonyl (C=O) groups excluding carboxylic acids is 1. The van der Waals surface area contributed by atoms with E-state index in [1.54, 1.807) is 12.1 Å². The van der Waals surface area contributed by atoms with E-state index in [9.17, 15) is 18.0 Å². The van der Waals surface area contributed by atoms with E-state index in [2.05, 4.69) is 21.9 Å². The molecule has 2 aliphatic heterocycles. The summed E-state index contributed by atoms with van der Waals surface area (Å²) in [4.78, 5) is 19.9. The molecule has 9 heteroatoms. The maximum absolute atomic E-state index is 13.0. The quantitative estimate of drug-likeness (QED) is 0.384. The average Bonchev–Trinajstić information content (AvgIpc) is 3.09. The number of nitrogens with zero attached hydrogens (tertiary/aromatic N) is 3. The van der Waals surface area contributed by atoms with Gasteiger partial charge in [-0.3, -0.25) is 4.79 Å². The molecule has 196 valence electrons. The van der Waals surface area contributed by atoms with Crippen LogP contribution in [0.1, 0.15) is 31.2 Å². The second-order valence-electron chi connectivity index (χ2n) is 9.65. The van der Waals surface area contributed by atoms with E-state index in [0.29, 0.717) is 12.3 Å². The second-order valence-corrected chi connectivity index (χ2v) is 11.2. The number of piperidine rings is 1. The summed E-state index contributed by atoms with van der Waals surface area (Å²) in [5, 5.41) is 0.742. The number of hydrogen-bond acceptors (Lipinski definition) is 4. The number of carbonyl (C=O) groups is 1. The summed E-state index contributed by atoms with van der Waals surface area (Å²) >= 11 is 5.93. The lowest BCUT2D eigenvalue weighted by Gasteiger charge is -2.33. The van der Waals surface area contributed by atoms with E-state index in [4.69, 9.17) is 11.6 Å². The van der Waals surface area contributed by atoms with Crippen LogP contribution in [-0.4, -0.2) is 67.0 Å². The summed E-state index contributed by atoms with van der Waals surface area (Å²) in [6, 6.07) is 14.6. The Kier molecular flexibility index (Phi) is 9.47. The SMILES string of the molecule is O=C(CCN1CCCN(c2ccc(Cl)cc2)CC1)N1CCC[C@H](Cc2ccc(SC(F)(F)F)cc2)C1. The lowest BCUT2D eigenvalue weighted by Crippen LogP contribution is -2.42. The third-order valence-electron chi connectivity index (χ3n) is 6.98. The van der Waals surface area contributed by atoms with Crippen LogP contribution in [0.25, 0.3) is 0 Å². The first kappa shape index (κ1) is 27.1. The molecule has 2 aromatic rings. The van der Waals surface area contributed by atoms with Crippen molar-refractivity contribution in [3.63, 3.8) is 0 Å². The Morgan fingerprint density at radius 1 is 0.944 bits per heavy atom. The van der Waals surface area contributed by atoms with Crippen molar-refractivity contribution in [1.82, 2.24) is 9.80 Å². The van der Waals surface area contributed by atoms with Crippen molar-refractivity contribution >= 4 is 35.0 Å². The Balaban J connectivity index is 1.21. The molecule has 4 rings (SSSR count). The van der Waals surface area contributed by atoms with Crippen LogP contribution in [0, 0.1) is 5.92 Å². The fourth-order valence-electron chi connectivity index (χ4n) is 5.14. The van der Waals surface area contributed by atoms with Crippen LogP contribution < -0.4 is 4.90 Å². The molecule has 1 atom stereocenters. The number of alkyl halides is 3. The van der Waals surface area contributed by atoms with Crippen molar-refractivity contribution in [2.45, 2.75) is 42.5 Å². The lowest BCUT2D eigenvalue weighted by atomic mass is 9.91. The topological polar surface area (TPSA) is 26.8 Å². The van der Waals surface area contributed by atoms with Gasteiger partial charge in [0.2, 0.25) is 5.91 Å². The van der Waals surface area contributed by atoms with E-state index < -0.39 is 5.51 Å². The van der Waals surface area contributed by atoms with Crippen LogP contribution in [0.3, 0.4) is 0 Å². The minimum absolute atomic E-state index is 0.0867. The summed E-state index contributed by atoms with van der Waals surface area (Å²) in [5.41, 5.74) is -2.06.